The normalized spacial score (nSPS) is 12.9. The molecule has 0 aliphatic rings. The van der Waals surface area contributed by atoms with Crippen LogP contribution >= 0.6 is 0 Å². The van der Waals surface area contributed by atoms with Gasteiger partial charge in [-0.3, -0.25) is 13.7 Å². The second-order valence-corrected chi connectivity index (χ2v) is 11.6. The van der Waals surface area contributed by atoms with Crippen molar-refractivity contribution in [1.29, 1.82) is 0 Å². The van der Waals surface area contributed by atoms with Gasteiger partial charge >= 0.3 is 46.9 Å². The molecule has 0 atom stereocenters. The highest BCUT2D eigenvalue weighted by molar-refractivity contribution is 7.87. The van der Waals surface area contributed by atoms with Gasteiger partial charge in [-0.05, 0) is 32.3 Å². The first kappa shape index (κ1) is 36.8. The molecule has 0 aliphatic carbocycles. The summed E-state index contributed by atoms with van der Waals surface area (Å²) >= 11 is 0. The Morgan fingerprint density at radius 2 is 0.452 bits per heavy atom. The van der Waals surface area contributed by atoms with Crippen molar-refractivity contribution in [3.63, 3.8) is 0 Å². The van der Waals surface area contributed by atoms with E-state index in [2.05, 4.69) is 72.8 Å². The van der Waals surface area contributed by atoms with Gasteiger partial charge in [0.2, 0.25) is 0 Å². The van der Waals surface area contributed by atoms with Gasteiger partial charge in [0, 0.05) is 0 Å². The summed E-state index contributed by atoms with van der Waals surface area (Å²) in [4.78, 5) is 0. The van der Waals surface area contributed by atoms with Crippen molar-refractivity contribution < 1.29 is 78.4 Å². The molecule has 0 aromatic heterocycles. The van der Waals surface area contributed by atoms with E-state index in [0.29, 0.717) is 0 Å². The van der Waals surface area contributed by atoms with Crippen molar-refractivity contribution in [3.8, 4) is 0 Å². The van der Waals surface area contributed by atoms with E-state index in [1.807, 2.05) is 0 Å². The zero-order chi connectivity index (χ0) is 32.9. The van der Waals surface area contributed by atoms with Crippen LogP contribution in [0.1, 0.15) is 0 Å². The van der Waals surface area contributed by atoms with Crippen LogP contribution in [-0.4, -0.2) is 55.4 Å². The van der Waals surface area contributed by atoms with Crippen LogP contribution in [0.3, 0.4) is 0 Å². The van der Waals surface area contributed by atoms with Crippen molar-refractivity contribution in [2.24, 2.45) is 0 Å². The molecule has 0 spiro atoms. The molecule has 4 rings (SSSR count). The van der Waals surface area contributed by atoms with E-state index in [4.69, 9.17) is 38.9 Å². The van der Waals surface area contributed by atoms with Gasteiger partial charge in [0.05, 0.1) is 0 Å². The summed E-state index contributed by atoms with van der Waals surface area (Å²) < 4.78 is 173. The molecule has 0 radical (unpaired) electrons. The molecule has 0 amide bonds. The third-order valence-electron chi connectivity index (χ3n) is 4.53. The first-order chi connectivity index (χ1) is 18.7. The highest BCUT2D eigenvalue weighted by Gasteiger charge is 2.45. The van der Waals surface area contributed by atoms with Crippen molar-refractivity contribution in [2.75, 3.05) is 0 Å². The van der Waals surface area contributed by atoms with Gasteiger partial charge in [0.15, 0.2) is 0 Å². The number of halogens is 9. The molecular weight excluding hydrogens is 663 g/mol. The number of hydrogen-bond acceptors (Lipinski definition) is 6. The first-order valence-corrected chi connectivity index (χ1v) is 14.4. The Bertz CT molecular complexity index is 1550. The average molecular weight is 679 g/mol. The van der Waals surface area contributed by atoms with E-state index in [1.54, 1.807) is 0 Å². The van der Waals surface area contributed by atoms with Crippen LogP contribution in [0.25, 0.3) is 32.3 Å². The second kappa shape index (κ2) is 13.0. The molecule has 0 saturated carbocycles. The van der Waals surface area contributed by atoms with Crippen LogP contribution < -0.4 is 0 Å². The van der Waals surface area contributed by atoms with Crippen LogP contribution in [0.15, 0.2) is 72.8 Å². The van der Waals surface area contributed by atoms with Gasteiger partial charge in [0.25, 0.3) is 0 Å². The molecule has 0 saturated heterocycles. The second-order valence-electron chi connectivity index (χ2n) is 7.40. The summed E-state index contributed by atoms with van der Waals surface area (Å²) in [6, 6.07) is 26.0. The Hall–Kier alpha value is -3.24. The highest BCUT2D eigenvalue weighted by Crippen LogP contribution is 2.34. The van der Waals surface area contributed by atoms with Crippen molar-refractivity contribution >= 4 is 62.7 Å². The lowest BCUT2D eigenvalue weighted by molar-refractivity contribution is -0.0514. The average Bonchev–Trinajstić information content (AvgIpc) is 2.82. The van der Waals surface area contributed by atoms with Gasteiger partial charge in [-0.25, -0.2) is 0 Å². The Morgan fingerprint density at radius 3 is 0.524 bits per heavy atom. The number of benzene rings is 4. The van der Waals surface area contributed by atoms with E-state index in [9.17, 15) is 39.5 Å². The summed E-state index contributed by atoms with van der Waals surface area (Å²) in [7, 11) is -17.5. The van der Waals surface area contributed by atoms with Crippen molar-refractivity contribution in [1.82, 2.24) is 0 Å². The quantitative estimate of drug-likeness (QED) is 0.0835. The fourth-order valence-corrected chi connectivity index (χ4v) is 2.86. The molecule has 3 N–H and O–H groups in total. The predicted molar refractivity (Wildman–Crippen MR) is 132 cm³/mol. The molecule has 0 unspecified atom stereocenters. The molecule has 4 aromatic rings. The third kappa shape index (κ3) is 9.94. The Labute approximate surface area is 230 Å². The predicted octanol–water partition coefficient (Wildman–Crippen LogP) is 6.33. The minimum Gasteiger partial charge on any atom is -0.279 e. The zero-order valence-electron chi connectivity index (χ0n) is 19.8. The molecule has 0 heterocycles. The van der Waals surface area contributed by atoms with E-state index in [0.717, 1.165) is 0 Å². The van der Waals surface area contributed by atoms with Crippen LogP contribution in [-0.2, 0) is 30.4 Å². The minimum absolute atomic E-state index is 1.34. The van der Waals surface area contributed by atoms with Crippen molar-refractivity contribution in [2.45, 2.75) is 16.5 Å². The van der Waals surface area contributed by atoms with E-state index in [-0.39, 0.29) is 0 Å². The number of fused-ring (bicyclic) bond motifs is 6. The van der Waals surface area contributed by atoms with Gasteiger partial charge in [0.1, 0.15) is 0 Å². The summed E-state index contributed by atoms with van der Waals surface area (Å²) in [5, 5.41) is 8.04. The zero-order valence-corrected chi connectivity index (χ0v) is 22.3. The molecule has 21 heteroatoms. The van der Waals surface area contributed by atoms with Gasteiger partial charge in [-0.2, -0.15) is 64.8 Å². The summed E-state index contributed by atoms with van der Waals surface area (Å²) in [6.45, 7) is 0. The summed E-state index contributed by atoms with van der Waals surface area (Å²) in [5.41, 5.74) is -16.6. The van der Waals surface area contributed by atoms with Crippen LogP contribution in [0, 0.1) is 0 Å². The monoisotopic (exact) mass is 678 g/mol. The fraction of sp³-hybridized carbons (Fsp3) is 0.143. The van der Waals surface area contributed by atoms with E-state index in [1.165, 1.54) is 32.3 Å². The number of alkyl halides is 9. The molecule has 234 valence electrons. The maximum atomic E-state index is 10.7. The molecule has 0 aliphatic heterocycles. The maximum absolute atomic E-state index is 10.7. The van der Waals surface area contributed by atoms with Crippen LogP contribution in [0.5, 0.6) is 0 Å². The Morgan fingerprint density at radius 1 is 0.357 bits per heavy atom. The van der Waals surface area contributed by atoms with Crippen molar-refractivity contribution in [3.05, 3.63) is 72.8 Å². The molecule has 9 nitrogen and oxygen atoms in total. The molecular formula is C21H15F9O9S3. The van der Waals surface area contributed by atoms with Gasteiger partial charge in [-0.15, -0.1) is 0 Å². The Balaban J connectivity index is 0.000000313. The Kier molecular flexibility index (Phi) is 11.3. The lowest BCUT2D eigenvalue weighted by atomic mass is 9.95. The fourth-order valence-electron chi connectivity index (χ4n) is 2.86. The lowest BCUT2D eigenvalue weighted by Crippen LogP contribution is -2.21. The largest absolute Gasteiger partial charge is 0.522 e. The molecule has 4 aromatic carbocycles. The first-order valence-electron chi connectivity index (χ1n) is 10.1. The SMILES string of the molecule is O=S(=O)(O)C(F)(F)F.O=S(=O)(O)C(F)(F)F.O=S(=O)(O)C(F)(F)F.c1ccc2c(c1)c1ccccc1c1ccccc21. The summed E-state index contributed by atoms with van der Waals surface area (Å²) in [5.74, 6) is 0. The maximum Gasteiger partial charge on any atom is 0.522 e. The van der Waals surface area contributed by atoms with E-state index >= 15 is 0 Å². The standard InChI is InChI=1S/C18H12.3CHF3O3S/c1-2-8-14-13(7-1)15-9-3-4-11-17(15)18-12-6-5-10-16(14)18;3*2-1(3,4)8(5,6)7/h1-12H;3*(H,5,6,7). The number of hydrogen-bond donors (Lipinski definition) is 3. The van der Waals surface area contributed by atoms with Gasteiger partial charge < -0.3 is 0 Å². The minimum atomic E-state index is -5.84. The molecule has 42 heavy (non-hydrogen) atoms. The third-order valence-corrected chi connectivity index (χ3v) is 6.28. The smallest absolute Gasteiger partial charge is 0.279 e. The van der Waals surface area contributed by atoms with Crippen LogP contribution in [0.4, 0.5) is 39.5 Å². The lowest BCUT2D eigenvalue weighted by Gasteiger charge is -2.09. The molecule has 0 bridgehead atoms. The molecule has 0 fully saturated rings. The van der Waals surface area contributed by atoms with Crippen LogP contribution in [0.2, 0.25) is 0 Å². The topological polar surface area (TPSA) is 163 Å². The highest BCUT2D eigenvalue weighted by atomic mass is 32.2. The van der Waals surface area contributed by atoms with E-state index < -0.39 is 46.9 Å². The van der Waals surface area contributed by atoms with Gasteiger partial charge in [-0.1, -0.05) is 72.8 Å². The number of rotatable bonds is 0. The summed E-state index contributed by atoms with van der Waals surface area (Å²) in [6.07, 6.45) is 0.